The van der Waals surface area contributed by atoms with Crippen molar-refractivity contribution >= 4 is 28.9 Å². The van der Waals surface area contributed by atoms with Gasteiger partial charge in [-0.25, -0.2) is 9.97 Å². The Morgan fingerprint density at radius 3 is 2.38 bits per heavy atom. The lowest BCUT2D eigenvalue weighted by Crippen LogP contribution is -2.07. The van der Waals surface area contributed by atoms with Crippen molar-refractivity contribution in [2.45, 2.75) is 13.1 Å². The van der Waals surface area contributed by atoms with Gasteiger partial charge in [0.25, 0.3) is 0 Å². The lowest BCUT2D eigenvalue weighted by Gasteiger charge is -2.13. The van der Waals surface area contributed by atoms with Crippen molar-refractivity contribution in [1.29, 1.82) is 0 Å². The fraction of sp³-hybridized carbons (Fsp3) is 0.231. The van der Waals surface area contributed by atoms with Gasteiger partial charge in [-0.05, 0) is 25.1 Å². The van der Waals surface area contributed by atoms with Gasteiger partial charge in [0.05, 0.1) is 5.56 Å². The highest BCUT2D eigenvalue weighted by molar-refractivity contribution is 6.31. The van der Waals surface area contributed by atoms with Gasteiger partial charge in [-0.1, -0.05) is 11.6 Å². The van der Waals surface area contributed by atoms with Crippen LogP contribution < -0.4 is 10.6 Å². The van der Waals surface area contributed by atoms with E-state index in [9.17, 15) is 13.2 Å². The molecule has 0 bridgehead atoms. The molecule has 0 aliphatic heterocycles. The van der Waals surface area contributed by atoms with Gasteiger partial charge in [0.2, 0.25) is 0 Å². The van der Waals surface area contributed by atoms with Crippen LogP contribution in [-0.4, -0.2) is 17.0 Å². The molecule has 0 aliphatic rings. The number of benzene rings is 1. The molecule has 2 aromatic rings. The van der Waals surface area contributed by atoms with E-state index in [4.69, 9.17) is 11.6 Å². The molecule has 0 aliphatic carbocycles. The number of nitrogens with zero attached hydrogens (tertiary/aromatic N) is 2. The number of aromatic nitrogens is 2. The van der Waals surface area contributed by atoms with Gasteiger partial charge in [-0.2, -0.15) is 13.2 Å². The average molecular weight is 317 g/mol. The predicted molar refractivity (Wildman–Crippen MR) is 76.1 cm³/mol. The van der Waals surface area contributed by atoms with Crippen molar-refractivity contribution in [3.63, 3.8) is 0 Å². The van der Waals surface area contributed by atoms with Crippen LogP contribution >= 0.6 is 11.6 Å². The lowest BCUT2D eigenvalue weighted by atomic mass is 10.2. The Morgan fingerprint density at radius 1 is 1.10 bits per heavy atom. The average Bonchev–Trinajstić information content (AvgIpc) is 2.39. The SMILES string of the molecule is CNc1ncnc(Nc2cc(Cl)cc(C(F)(F)F)c2)c1C. The summed E-state index contributed by atoms with van der Waals surface area (Å²) in [5.41, 5.74) is 0.0743. The molecule has 2 N–H and O–H groups in total. The summed E-state index contributed by atoms with van der Waals surface area (Å²) in [4.78, 5) is 8.02. The van der Waals surface area contributed by atoms with E-state index in [0.29, 0.717) is 17.2 Å². The molecule has 21 heavy (non-hydrogen) atoms. The largest absolute Gasteiger partial charge is 0.416 e. The molecule has 0 saturated carbocycles. The molecule has 0 unspecified atom stereocenters. The van der Waals surface area contributed by atoms with E-state index in [1.807, 2.05) is 0 Å². The zero-order chi connectivity index (χ0) is 15.6. The molecule has 1 heterocycles. The van der Waals surface area contributed by atoms with E-state index < -0.39 is 11.7 Å². The lowest BCUT2D eigenvalue weighted by molar-refractivity contribution is -0.137. The Morgan fingerprint density at radius 2 is 1.76 bits per heavy atom. The second-order valence-electron chi connectivity index (χ2n) is 4.30. The fourth-order valence-corrected chi connectivity index (χ4v) is 2.03. The van der Waals surface area contributed by atoms with E-state index in [-0.39, 0.29) is 10.7 Å². The van der Waals surface area contributed by atoms with E-state index >= 15 is 0 Å². The molecule has 0 radical (unpaired) electrons. The third-order valence-corrected chi connectivity index (χ3v) is 3.03. The molecule has 8 heteroatoms. The Kier molecular flexibility index (Phi) is 4.22. The Hall–Kier alpha value is -2.02. The standard InChI is InChI=1S/C13H12ClF3N4/c1-7-11(18-2)19-6-20-12(7)21-10-4-8(13(15,16)17)3-9(14)5-10/h3-6H,1-2H3,(H2,18,19,20,21). The van der Waals surface area contributed by atoms with Crippen LogP contribution in [0.3, 0.4) is 0 Å². The molecule has 0 spiro atoms. The zero-order valence-corrected chi connectivity index (χ0v) is 12.0. The maximum absolute atomic E-state index is 12.8. The van der Waals surface area contributed by atoms with Crippen LogP contribution in [0.2, 0.25) is 5.02 Å². The number of hydrogen-bond donors (Lipinski definition) is 2. The first-order chi connectivity index (χ1) is 9.81. The van der Waals surface area contributed by atoms with E-state index in [1.165, 1.54) is 12.4 Å². The number of anilines is 3. The van der Waals surface area contributed by atoms with Crippen LogP contribution in [0.15, 0.2) is 24.5 Å². The second-order valence-corrected chi connectivity index (χ2v) is 4.73. The normalized spacial score (nSPS) is 11.3. The van der Waals surface area contributed by atoms with Gasteiger partial charge in [-0.15, -0.1) is 0 Å². The Labute approximate surface area is 124 Å². The molecule has 2 rings (SSSR count). The summed E-state index contributed by atoms with van der Waals surface area (Å²) >= 11 is 5.74. The molecule has 4 nitrogen and oxygen atoms in total. The first-order valence-corrected chi connectivity index (χ1v) is 6.33. The van der Waals surface area contributed by atoms with E-state index in [1.54, 1.807) is 14.0 Å². The van der Waals surface area contributed by atoms with Gasteiger partial charge in [0.1, 0.15) is 18.0 Å². The summed E-state index contributed by atoms with van der Waals surface area (Å²) in [6.07, 6.45) is -3.14. The molecular formula is C13H12ClF3N4. The van der Waals surface area contributed by atoms with Crippen molar-refractivity contribution in [3.05, 3.63) is 40.7 Å². The summed E-state index contributed by atoms with van der Waals surface area (Å²) in [6, 6.07) is 3.25. The van der Waals surface area contributed by atoms with Gasteiger partial charge >= 0.3 is 6.18 Å². The highest BCUT2D eigenvalue weighted by atomic mass is 35.5. The molecule has 0 fully saturated rings. The third kappa shape index (κ3) is 3.55. The van der Waals surface area contributed by atoms with Crippen molar-refractivity contribution in [2.75, 3.05) is 17.7 Å². The molecule has 0 amide bonds. The van der Waals surface area contributed by atoms with Gasteiger partial charge < -0.3 is 10.6 Å². The molecular weight excluding hydrogens is 305 g/mol. The molecule has 1 aromatic carbocycles. The summed E-state index contributed by atoms with van der Waals surface area (Å²) in [5.74, 6) is 0.996. The molecule has 0 saturated heterocycles. The first kappa shape index (κ1) is 15.4. The van der Waals surface area contributed by atoms with Crippen LogP contribution in [-0.2, 0) is 6.18 Å². The van der Waals surface area contributed by atoms with Crippen molar-refractivity contribution in [3.8, 4) is 0 Å². The molecule has 0 atom stereocenters. The number of nitrogens with one attached hydrogen (secondary N) is 2. The number of rotatable bonds is 3. The minimum atomic E-state index is -4.46. The summed E-state index contributed by atoms with van der Waals surface area (Å²) in [7, 11) is 1.69. The van der Waals surface area contributed by atoms with E-state index in [0.717, 1.165) is 12.1 Å². The monoisotopic (exact) mass is 316 g/mol. The topological polar surface area (TPSA) is 49.8 Å². The maximum Gasteiger partial charge on any atom is 0.416 e. The highest BCUT2D eigenvalue weighted by Gasteiger charge is 2.31. The van der Waals surface area contributed by atoms with E-state index in [2.05, 4.69) is 20.6 Å². The van der Waals surface area contributed by atoms with Crippen LogP contribution in [0, 0.1) is 6.92 Å². The van der Waals surface area contributed by atoms with Crippen molar-refractivity contribution in [1.82, 2.24) is 9.97 Å². The van der Waals surface area contributed by atoms with Crippen LogP contribution in [0.25, 0.3) is 0 Å². The van der Waals surface area contributed by atoms with Crippen molar-refractivity contribution in [2.24, 2.45) is 0 Å². The number of hydrogen-bond acceptors (Lipinski definition) is 4. The fourth-order valence-electron chi connectivity index (χ4n) is 1.79. The van der Waals surface area contributed by atoms with Gasteiger partial charge in [0.15, 0.2) is 0 Å². The number of alkyl halides is 3. The highest BCUT2D eigenvalue weighted by Crippen LogP contribution is 2.34. The quantitative estimate of drug-likeness (QED) is 0.889. The molecule has 112 valence electrons. The third-order valence-electron chi connectivity index (χ3n) is 2.81. The molecule has 1 aromatic heterocycles. The maximum atomic E-state index is 12.8. The minimum absolute atomic E-state index is 0.00660. The minimum Gasteiger partial charge on any atom is -0.373 e. The summed E-state index contributed by atoms with van der Waals surface area (Å²) in [6.45, 7) is 1.75. The first-order valence-electron chi connectivity index (χ1n) is 5.95. The Bertz CT molecular complexity index is 658. The second kappa shape index (κ2) is 5.77. The Balaban J connectivity index is 2.38. The summed E-state index contributed by atoms with van der Waals surface area (Å²) in [5, 5.41) is 5.69. The van der Waals surface area contributed by atoms with Crippen molar-refractivity contribution < 1.29 is 13.2 Å². The van der Waals surface area contributed by atoms with Crippen LogP contribution in [0.4, 0.5) is 30.5 Å². The van der Waals surface area contributed by atoms with Crippen LogP contribution in [0.1, 0.15) is 11.1 Å². The smallest absolute Gasteiger partial charge is 0.373 e. The van der Waals surface area contributed by atoms with Gasteiger partial charge in [-0.3, -0.25) is 0 Å². The number of halogens is 4. The zero-order valence-electron chi connectivity index (χ0n) is 11.2. The van der Waals surface area contributed by atoms with Gasteiger partial charge in [0, 0.05) is 23.3 Å². The summed E-state index contributed by atoms with van der Waals surface area (Å²) < 4.78 is 38.3. The predicted octanol–water partition coefficient (Wildman–Crippen LogP) is 4.24. The van der Waals surface area contributed by atoms with Crippen LogP contribution in [0.5, 0.6) is 0 Å².